The topological polar surface area (TPSA) is 73.8 Å². The van der Waals surface area contributed by atoms with Crippen LogP contribution in [0.1, 0.15) is 5.69 Å². The van der Waals surface area contributed by atoms with E-state index in [0.29, 0.717) is 0 Å². The predicted octanol–water partition coefficient (Wildman–Crippen LogP) is 3.53. The molecular formula is C19H15N7S. The Bertz CT molecular complexity index is 1290. The summed E-state index contributed by atoms with van der Waals surface area (Å²) in [6.07, 6.45) is 5.71. The molecule has 0 saturated heterocycles. The summed E-state index contributed by atoms with van der Waals surface area (Å²) in [5, 5.41) is 19.0. The van der Waals surface area contributed by atoms with Crippen molar-refractivity contribution in [3.63, 3.8) is 0 Å². The van der Waals surface area contributed by atoms with Crippen molar-refractivity contribution in [3.05, 3.63) is 60.7 Å². The van der Waals surface area contributed by atoms with Gasteiger partial charge < -0.3 is 0 Å². The van der Waals surface area contributed by atoms with E-state index in [1.54, 1.807) is 9.20 Å². The highest BCUT2D eigenvalue weighted by molar-refractivity contribution is 7.99. The van der Waals surface area contributed by atoms with Crippen molar-refractivity contribution in [2.75, 3.05) is 0 Å². The Morgan fingerprint density at radius 2 is 1.89 bits per heavy atom. The summed E-state index contributed by atoms with van der Waals surface area (Å²) in [5.74, 6) is 0. The van der Waals surface area contributed by atoms with Gasteiger partial charge in [-0.1, -0.05) is 0 Å². The van der Waals surface area contributed by atoms with Crippen LogP contribution >= 0.6 is 11.8 Å². The number of fused-ring (bicyclic) bond motifs is 2. The second kappa shape index (κ2) is 6.17. The normalized spacial score (nSPS) is 11.5. The SMILES string of the molecule is Cc1ccc2nnc(Sc3ccc4ncc(-c5cnn(C)c5)cc4c3)n2n1. The molecule has 0 bridgehead atoms. The third-order valence-electron chi connectivity index (χ3n) is 4.27. The maximum Gasteiger partial charge on any atom is 0.217 e. The number of nitrogens with zero attached hydrogens (tertiary/aromatic N) is 7. The van der Waals surface area contributed by atoms with Crippen LogP contribution in [0.5, 0.6) is 0 Å². The molecule has 0 atom stereocenters. The number of hydrogen-bond donors (Lipinski definition) is 0. The Morgan fingerprint density at radius 3 is 2.74 bits per heavy atom. The Labute approximate surface area is 159 Å². The van der Waals surface area contributed by atoms with E-state index in [0.717, 1.165) is 43.4 Å². The molecule has 8 heteroatoms. The molecule has 0 N–H and O–H groups in total. The third kappa shape index (κ3) is 2.93. The van der Waals surface area contributed by atoms with E-state index in [4.69, 9.17) is 0 Å². The molecule has 1 aromatic carbocycles. The minimum absolute atomic E-state index is 0.740. The summed E-state index contributed by atoms with van der Waals surface area (Å²) in [6, 6.07) is 12.2. The molecule has 7 nitrogen and oxygen atoms in total. The molecule has 27 heavy (non-hydrogen) atoms. The molecule has 4 aromatic heterocycles. The summed E-state index contributed by atoms with van der Waals surface area (Å²) in [5.41, 5.74) is 4.71. The Kier molecular flexibility index (Phi) is 3.64. The third-order valence-corrected chi connectivity index (χ3v) is 5.19. The fourth-order valence-corrected chi connectivity index (χ4v) is 3.77. The van der Waals surface area contributed by atoms with Crippen LogP contribution in [0.3, 0.4) is 0 Å². The minimum Gasteiger partial charge on any atom is -0.275 e. The van der Waals surface area contributed by atoms with Gasteiger partial charge in [-0.05, 0) is 55.1 Å². The highest BCUT2D eigenvalue weighted by atomic mass is 32.2. The van der Waals surface area contributed by atoms with Crippen LogP contribution in [0.15, 0.2) is 65.0 Å². The maximum atomic E-state index is 4.57. The van der Waals surface area contributed by atoms with E-state index < -0.39 is 0 Å². The second-order valence-electron chi connectivity index (χ2n) is 6.31. The molecule has 132 valence electrons. The van der Waals surface area contributed by atoms with Crippen LogP contribution < -0.4 is 0 Å². The number of pyridine rings is 1. The number of benzene rings is 1. The van der Waals surface area contributed by atoms with Gasteiger partial charge in [0.25, 0.3) is 0 Å². The molecule has 5 rings (SSSR count). The lowest BCUT2D eigenvalue weighted by Gasteiger charge is -2.04. The van der Waals surface area contributed by atoms with Crippen molar-refractivity contribution in [1.82, 2.24) is 34.6 Å². The van der Waals surface area contributed by atoms with Gasteiger partial charge in [0, 0.05) is 40.8 Å². The van der Waals surface area contributed by atoms with Crippen LogP contribution in [0.4, 0.5) is 0 Å². The Morgan fingerprint density at radius 1 is 0.963 bits per heavy atom. The van der Waals surface area contributed by atoms with Crippen molar-refractivity contribution in [2.24, 2.45) is 7.05 Å². The Balaban J connectivity index is 1.54. The van der Waals surface area contributed by atoms with Gasteiger partial charge in [0.1, 0.15) is 0 Å². The van der Waals surface area contributed by atoms with Gasteiger partial charge in [0.15, 0.2) is 5.65 Å². The molecule has 0 fully saturated rings. The summed E-state index contributed by atoms with van der Waals surface area (Å²) < 4.78 is 3.56. The molecule has 0 aliphatic carbocycles. The van der Waals surface area contributed by atoms with Crippen LogP contribution in [-0.4, -0.2) is 34.6 Å². The van der Waals surface area contributed by atoms with Crippen LogP contribution in [0.25, 0.3) is 27.7 Å². The number of aryl methyl sites for hydroxylation is 2. The molecule has 5 aromatic rings. The lowest BCUT2D eigenvalue weighted by Crippen LogP contribution is -1.95. The van der Waals surface area contributed by atoms with Gasteiger partial charge in [-0.3, -0.25) is 9.67 Å². The quantitative estimate of drug-likeness (QED) is 0.482. The number of aromatic nitrogens is 7. The van der Waals surface area contributed by atoms with Crippen molar-refractivity contribution >= 4 is 28.3 Å². The van der Waals surface area contributed by atoms with E-state index in [1.807, 2.05) is 56.8 Å². The highest BCUT2D eigenvalue weighted by Gasteiger charge is 2.10. The lowest BCUT2D eigenvalue weighted by atomic mass is 10.1. The van der Waals surface area contributed by atoms with E-state index in [9.17, 15) is 0 Å². The molecular weight excluding hydrogens is 358 g/mol. The smallest absolute Gasteiger partial charge is 0.217 e. The first-order valence-corrected chi connectivity index (χ1v) is 9.23. The van der Waals surface area contributed by atoms with Gasteiger partial charge in [0.2, 0.25) is 5.16 Å². The zero-order valence-corrected chi connectivity index (χ0v) is 15.6. The standard InChI is InChI=1S/C19H15N7S/c1-12-3-6-18-22-23-19(26(18)24-12)27-16-4-5-17-13(8-16)7-14(9-20-17)15-10-21-25(2)11-15/h3-11H,1-2H3. The molecule has 0 aliphatic rings. The summed E-state index contributed by atoms with van der Waals surface area (Å²) in [7, 11) is 1.91. The average Bonchev–Trinajstić information content (AvgIpc) is 3.27. The molecule has 4 heterocycles. The minimum atomic E-state index is 0.740. The van der Waals surface area contributed by atoms with Gasteiger partial charge in [-0.15, -0.1) is 10.2 Å². The molecule has 0 saturated carbocycles. The van der Waals surface area contributed by atoms with Crippen molar-refractivity contribution in [2.45, 2.75) is 17.0 Å². The van der Waals surface area contributed by atoms with Crippen molar-refractivity contribution in [3.8, 4) is 11.1 Å². The predicted molar refractivity (Wildman–Crippen MR) is 104 cm³/mol. The Hall–Kier alpha value is -3.26. The summed E-state index contributed by atoms with van der Waals surface area (Å²) >= 11 is 1.54. The average molecular weight is 373 g/mol. The van der Waals surface area contributed by atoms with E-state index in [2.05, 4.69) is 37.5 Å². The van der Waals surface area contributed by atoms with Crippen LogP contribution in [0.2, 0.25) is 0 Å². The molecule has 0 unspecified atom stereocenters. The monoisotopic (exact) mass is 373 g/mol. The number of hydrogen-bond acceptors (Lipinski definition) is 6. The molecule has 0 spiro atoms. The van der Waals surface area contributed by atoms with Gasteiger partial charge in [-0.2, -0.15) is 14.7 Å². The highest BCUT2D eigenvalue weighted by Crippen LogP contribution is 2.30. The number of rotatable bonds is 3. The first kappa shape index (κ1) is 16.0. The van der Waals surface area contributed by atoms with Crippen LogP contribution in [-0.2, 0) is 7.05 Å². The van der Waals surface area contributed by atoms with Crippen molar-refractivity contribution in [1.29, 1.82) is 0 Å². The molecule has 0 radical (unpaired) electrons. The van der Waals surface area contributed by atoms with Crippen molar-refractivity contribution < 1.29 is 0 Å². The molecule has 0 amide bonds. The largest absolute Gasteiger partial charge is 0.275 e. The fraction of sp³-hybridized carbons (Fsp3) is 0.105. The van der Waals surface area contributed by atoms with E-state index >= 15 is 0 Å². The zero-order chi connectivity index (χ0) is 18.4. The van der Waals surface area contributed by atoms with Gasteiger partial charge >= 0.3 is 0 Å². The summed E-state index contributed by atoms with van der Waals surface area (Å²) in [6.45, 7) is 1.95. The van der Waals surface area contributed by atoms with E-state index in [-0.39, 0.29) is 0 Å². The first-order valence-electron chi connectivity index (χ1n) is 8.41. The van der Waals surface area contributed by atoms with Crippen LogP contribution in [0, 0.1) is 6.92 Å². The maximum absolute atomic E-state index is 4.57. The summed E-state index contributed by atoms with van der Waals surface area (Å²) in [4.78, 5) is 5.64. The zero-order valence-electron chi connectivity index (χ0n) is 14.7. The van der Waals surface area contributed by atoms with Gasteiger partial charge in [-0.25, -0.2) is 0 Å². The fourth-order valence-electron chi connectivity index (χ4n) is 2.93. The van der Waals surface area contributed by atoms with Gasteiger partial charge in [0.05, 0.1) is 17.4 Å². The lowest BCUT2D eigenvalue weighted by molar-refractivity contribution is 0.768. The molecule has 0 aliphatic heterocycles. The second-order valence-corrected chi connectivity index (χ2v) is 7.35. The van der Waals surface area contributed by atoms with E-state index in [1.165, 1.54) is 11.8 Å². The first-order chi connectivity index (χ1) is 13.2.